The van der Waals surface area contributed by atoms with Gasteiger partial charge in [-0.05, 0) is 43.2 Å². The van der Waals surface area contributed by atoms with Crippen molar-refractivity contribution in [3.05, 3.63) is 47.5 Å². The summed E-state index contributed by atoms with van der Waals surface area (Å²) in [5.41, 5.74) is 2.87. The monoisotopic (exact) mass is 328 g/mol. The Morgan fingerprint density at radius 2 is 1.50 bits per heavy atom. The predicted molar refractivity (Wildman–Crippen MR) is 92.7 cm³/mol. The molecule has 0 aliphatic rings. The minimum Gasteiger partial charge on any atom is -0.497 e. The number of benzene rings is 2. The van der Waals surface area contributed by atoms with Crippen LogP contribution in [0.3, 0.4) is 0 Å². The van der Waals surface area contributed by atoms with Crippen LogP contribution in [0.5, 0.6) is 11.5 Å². The number of carbonyl (C=O) groups excluding carboxylic acids is 2. The zero-order valence-electron chi connectivity index (χ0n) is 14.1. The van der Waals surface area contributed by atoms with Crippen LogP contribution in [0.4, 0.5) is 11.4 Å². The van der Waals surface area contributed by atoms with E-state index in [4.69, 9.17) is 9.47 Å². The Labute approximate surface area is 140 Å². The molecular weight excluding hydrogens is 308 g/mol. The third-order valence-electron chi connectivity index (χ3n) is 3.50. The third-order valence-corrected chi connectivity index (χ3v) is 3.50. The number of aryl methyl sites for hydroxylation is 2. The van der Waals surface area contributed by atoms with Gasteiger partial charge >= 0.3 is 11.8 Å². The summed E-state index contributed by atoms with van der Waals surface area (Å²) in [7, 11) is 3.01. The van der Waals surface area contributed by atoms with Crippen molar-refractivity contribution in [2.75, 3.05) is 24.9 Å². The summed E-state index contributed by atoms with van der Waals surface area (Å²) in [5.74, 6) is -0.534. The largest absolute Gasteiger partial charge is 0.497 e. The lowest BCUT2D eigenvalue weighted by molar-refractivity contribution is -0.133. The van der Waals surface area contributed by atoms with Gasteiger partial charge in [-0.2, -0.15) is 0 Å². The zero-order valence-corrected chi connectivity index (χ0v) is 14.1. The maximum Gasteiger partial charge on any atom is 0.314 e. The van der Waals surface area contributed by atoms with Crippen molar-refractivity contribution in [1.29, 1.82) is 0 Å². The van der Waals surface area contributed by atoms with E-state index in [1.165, 1.54) is 14.2 Å². The van der Waals surface area contributed by atoms with E-state index < -0.39 is 11.8 Å². The molecule has 24 heavy (non-hydrogen) atoms. The van der Waals surface area contributed by atoms with Crippen molar-refractivity contribution in [1.82, 2.24) is 0 Å². The molecule has 0 bridgehead atoms. The van der Waals surface area contributed by atoms with E-state index in [9.17, 15) is 9.59 Å². The van der Waals surface area contributed by atoms with Gasteiger partial charge in [0.2, 0.25) is 0 Å². The second kappa shape index (κ2) is 7.50. The molecule has 2 aromatic carbocycles. The molecule has 126 valence electrons. The van der Waals surface area contributed by atoms with Crippen LogP contribution < -0.4 is 20.1 Å². The number of ether oxygens (including phenoxy) is 2. The lowest BCUT2D eigenvalue weighted by atomic mass is 10.1. The Hall–Kier alpha value is -3.02. The van der Waals surface area contributed by atoms with Gasteiger partial charge < -0.3 is 20.1 Å². The average molecular weight is 328 g/mol. The number of anilines is 2. The number of nitrogens with one attached hydrogen (secondary N) is 2. The fraction of sp³-hybridized carbons (Fsp3) is 0.222. The molecule has 0 saturated heterocycles. The van der Waals surface area contributed by atoms with Gasteiger partial charge in [0.15, 0.2) is 0 Å². The van der Waals surface area contributed by atoms with Gasteiger partial charge in [0.25, 0.3) is 0 Å². The first-order valence-corrected chi connectivity index (χ1v) is 7.36. The second-order valence-corrected chi connectivity index (χ2v) is 5.29. The molecule has 0 radical (unpaired) electrons. The van der Waals surface area contributed by atoms with E-state index in [-0.39, 0.29) is 0 Å². The number of hydrogen-bond donors (Lipinski definition) is 2. The van der Waals surface area contributed by atoms with Crippen molar-refractivity contribution in [2.24, 2.45) is 0 Å². The number of carbonyl (C=O) groups is 2. The van der Waals surface area contributed by atoms with Crippen molar-refractivity contribution < 1.29 is 19.1 Å². The fourth-order valence-electron chi connectivity index (χ4n) is 2.13. The maximum absolute atomic E-state index is 12.1. The molecule has 0 aliphatic heterocycles. The Morgan fingerprint density at radius 1 is 0.833 bits per heavy atom. The predicted octanol–water partition coefficient (Wildman–Crippen LogP) is 2.90. The summed E-state index contributed by atoms with van der Waals surface area (Å²) in [6.07, 6.45) is 0. The summed E-state index contributed by atoms with van der Waals surface area (Å²) in [4.78, 5) is 24.2. The minimum atomic E-state index is -0.778. The van der Waals surface area contributed by atoms with Crippen LogP contribution >= 0.6 is 0 Å². The molecule has 0 aliphatic carbocycles. The molecule has 0 unspecified atom stereocenters. The molecule has 6 nitrogen and oxygen atoms in total. The summed E-state index contributed by atoms with van der Waals surface area (Å²) in [6, 6.07) is 10.5. The third kappa shape index (κ3) is 4.04. The van der Waals surface area contributed by atoms with Crippen LogP contribution in [-0.2, 0) is 9.59 Å². The number of methoxy groups -OCH3 is 2. The molecule has 2 rings (SSSR count). The van der Waals surface area contributed by atoms with Crippen LogP contribution in [0.15, 0.2) is 36.4 Å². The van der Waals surface area contributed by atoms with Crippen LogP contribution in [-0.4, -0.2) is 26.0 Å². The highest BCUT2D eigenvalue weighted by molar-refractivity contribution is 6.43. The van der Waals surface area contributed by atoms with E-state index in [0.717, 1.165) is 11.1 Å². The molecular formula is C18H20N2O4. The van der Waals surface area contributed by atoms with Gasteiger partial charge in [0, 0.05) is 11.8 Å². The summed E-state index contributed by atoms with van der Waals surface area (Å²) in [6.45, 7) is 3.77. The molecule has 6 heteroatoms. The summed E-state index contributed by atoms with van der Waals surface area (Å²) in [5, 5.41) is 5.15. The van der Waals surface area contributed by atoms with E-state index >= 15 is 0 Å². The van der Waals surface area contributed by atoms with Crippen LogP contribution in [0.1, 0.15) is 11.1 Å². The van der Waals surface area contributed by atoms with Gasteiger partial charge in [0.1, 0.15) is 11.5 Å². The molecule has 2 amide bonds. The minimum absolute atomic E-state index is 0.388. The normalized spacial score (nSPS) is 10.0. The van der Waals surface area contributed by atoms with E-state index in [1.54, 1.807) is 18.2 Å². The van der Waals surface area contributed by atoms with E-state index in [1.807, 2.05) is 32.0 Å². The highest BCUT2D eigenvalue weighted by Gasteiger charge is 2.17. The lowest BCUT2D eigenvalue weighted by Gasteiger charge is -2.12. The zero-order chi connectivity index (χ0) is 17.7. The van der Waals surface area contributed by atoms with Gasteiger partial charge in [0.05, 0.1) is 19.9 Å². The highest BCUT2D eigenvalue weighted by atomic mass is 16.5. The Balaban J connectivity index is 2.12. The quantitative estimate of drug-likeness (QED) is 0.846. The number of hydrogen-bond acceptors (Lipinski definition) is 4. The highest BCUT2D eigenvalue weighted by Crippen LogP contribution is 2.29. The van der Waals surface area contributed by atoms with Crippen molar-refractivity contribution in [3.63, 3.8) is 0 Å². The topological polar surface area (TPSA) is 76.7 Å². The fourth-order valence-corrected chi connectivity index (χ4v) is 2.13. The Morgan fingerprint density at radius 3 is 2.12 bits per heavy atom. The van der Waals surface area contributed by atoms with E-state index in [0.29, 0.717) is 22.9 Å². The molecule has 2 N–H and O–H groups in total. The molecule has 0 aromatic heterocycles. The van der Waals surface area contributed by atoms with Crippen LogP contribution in [0, 0.1) is 13.8 Å². The van der Waals surface area contributed by atoms with Crippen molar-refractivity contribution in [2.45, 2.75) is 13.8 Å². The molecule has 0 heterocycles. The Kier molecular flexibility index (Phi) is 5.42. The van der Waals surface area contributed by atoms with Crippen LogP contribution in [0.2, 0.25) is 0 Å². The molecule has 0 saturated carbocycles. The molecule has 0 atom stereocenters. The smallest absolute Gasteiger partial charge is 0.314 e. The molecule has 0 fully saturated rings. The van der Waals surface area contributed by atoms with Gasteiger partial charge in [-0.25, -0.2) is 0 Å². The Bertz CT molecular complexity index is 772. The van der Waals surface area contributed by atoms with Gasteiger partial charge in [-0.3, -0.25) is 9.59 Å². The lowest BCUT2D eigenvalue weighted by Crippen LogP contribution is -2.29. The first-order valence-electron chi connectivity index (χ1n) is 7.36. The number of amides is 2. The second-order valence-electron chi connectivity index (χ2n) is 5.29. The van der Waals surface area contributed by atoms with Crippen LogP contribution in [0.25, 0.3) is 0 Å². The van der Waals surface area contributed by atoms with Crippen molar-refractivity contribution >= 4 is 23.2 Å². The molecule has 2 aromatic rings. The molecule has 0 spiro atoms. The SMILES string of the molecule is COc1ccc(NC(=O)C(=O)Nc2cc(C)ccc2C)c(OC)c1. The summed E-state index contributed by atoms with van der Waals surface area (Å²) >= 11 is 0. The average Bonchev–Trinajstić information content (AvgIpc) is 2.58. The standard InChI is InChI=1S/C18H20N2O4/c1-11-5-6-12(2)15(9-11)20-18(22)17(21)19-14-8-7-13(23-3)10-16(14)24-4/h5-10H,1-4H3,(H,19,21)(H,20,22). The van der Waals surface area contributed by atoms with Gasteiger partial charge in [-0.15, -0.1) is 0 Å². The number of rotatable bonds is 4. The first kappa shape index (κ1) is 17.3. The first-order chi connectivity index (χ1) is 11.4. The van der Waals surface area contributed by atoms with Crippen molar-refractivity contribution in [3.8, 4) is 11.5 Å². The maximum atomic E-state index is 12.1. The van der Waals surface area contributed by atoms with E-state index in [2.05, 4.69) is 10.6 Å². The summed E-state index contributed by atoms with van der Waals surface area (Å²) < 4.78 is 10.3. The van der Waals surface area contributed by atoms with Gasteiger partial charge in [-0.1, -0.05) is 12.1 Å².